The first-order valence-corrected chi connectivity index (χ1v) is 9.13. The van der Waals surface area contributed by atoms with E-state index in [1.807, 2.05) is 4.90 Å². The molecule has 0 aromatic rings. The maximum absolute atomic E-state index is 12.2. The molecule has 152 valence electrons. The van der Waals surface area contributed by atoms with Crippen molar-refractivity contribution in [2.45, 2.75) is 71.6 Å². The molecule has 1 heterocycles. The van der Waals surface area contributed by atoms with Crippen LogP contribution in [0, 0.1) is 12.3 Å². The van der Waals surface area contributed by atoms with Crippen molar-refractivity contribution in [3.05, 3.63) is 0 Å². The predicted molar refractivity (Wildman–Crippen MR) is 104 cm³/mol. The molecule has 1 aliphatic rings. The van der Waals surface area contributed by atoms with Crippen LogP contribution in [0.25, 0.3) is 0 Å². The van der Waals surface area contributed by atoms with E-state index >= 15 is 0 Å². The van der Waals surface area contributed by atoms with E-state index in [0.29, 0.717) is 25.7 Å². The van der Waals surface area contributed by atoms with Gasteiger partial charge >= 0.3 is 12.2 Å². The third-order valence-corrected chi connectivity index (χ3v) is 3.49. The summed E-state index contributed by atoms with van der Waals surface area (Å²) in [4.78, 5) is 30.1. The molecular formula is C19H32N4O4. The van der Waals surface area contributed by atoms with Gasteiger partial charge in [0.1, 0.15) is 11.2 Å². The first kappa shape index (κ1) is 22.8. The van der Waals surface area contributed by atoms with Gasteiger partial charge in [-0.1, -0.05) is 5.92 Å². The fraction of sp³-hybridized carbons (Fsp3) is 0.737. The van der Waals surface area contributed by atoms with Crippen LogP contribution in [0.2, 0.25) is 0 Å². The maximum Gasteiger partial charge on any atom is 0.437 e. The SMILES string of the molecule is C#CCNC1CCN(C(=NC(=O)OC(C)(C)C)NC(=O)OC(C)(C)C)CC1. The number of likely N-dealkylation sites (tertiary alicyclic amines) is 1. The highest BCUT2D eigenvalue weighted by Gasteiger charge is 2.26. The fourth-order valence-corrected chi connectivity index (χ4v) is 2.44. The van der Waals surface area contributed by atoms with Crippen molar-refractivity contribution >= 4 is 18.1 Å². The number of nitrogens with zero attached hydrogens (tertiary/aromatic N) is 2. The highest BCUT2D eigenvalue weighted by Crippen LogP contribution is 2.13. The van der Waals surface area contributed by atoms with Crippen LogP contribution in [0.15, 0.2) is 4.99 Å². The van der Waals surface area contributed by atoms with Gasteiger partial charge in [0.25, 0.3) is 0 Å². The summed E-state index contributed by atoms with van der Waals surface area (Å²) in [5.41, 5.74) is -1.34. The molecule has 0 radical (unpaired) electrons. The first-order valence-electron chi connectivity index (χ1n) is 9.13. The van der Waals surface area contributed by atoms with E-state index in [2.05, 4.69) is 21.5 Å². The van der Waals surface area contributed by atoms with Crippen molar-refractivity contribution < 1.29 is 19.1 Å². The summed E-state index contributed by atoms with van der Waals surface area (Å²) in [5.74, 6) is 2.69. The Hall–Kier alpha value is -2.27. The number of carbonyl (C=O) groups excluding carboxylic acids is 2. The van der Waals surface area contributed by atoms with Crippen LogP contribution in [0.3, 0.4) is 0 Å². The van der Waals surface area contributed by atoms with Crippen molar-refractivity contribution in [1.29, 1.82) is 0 Å². The summed E-state index contributed by atoms with van der Waals surface area (Å²) >= 11 is 0. The lowest BCUT2D eigenvalue weighted by Gasteiger charge is -2.34. The predicted octanol–water partition coefficient (Wildman–Crippen LogP) is 2.49. The number of terminal acetylenes is 1. The number of ether oxygens (including phenoxy) is 2. The van der Waals surface area contributed by atoms with Gasteiger partial charge in [-0.25, -0.2) is 9.59 Å². The first-order chi connectivity index (χ1) is 12.4. The second-order valence-electron chi connectivity index (χ2n) is 8.39. The molecule has 0 atom stereocenters. The van der Waals surface area contributed by atoms with E-state index < -0.39 is 23.4 Å². The number of aliphatic imine (C=N–C) groups is 1. The summed E-state index contributed by atoms with van der Waals surface area (Å²) in [7, 11) is 0. The summed E-state index contributed by atoms with van der Waals surface area (Å²) < 4.78 is 10.5. The van der Waals surface area contributed by atoms with Gasteiger partial charge in [-0.2, -0.15) is 0 Å². The van der Waals surface area contributed by atoms with E-state index in [0.717, 1.165) is 12.8 Å². The Kier molecular flexibility index (Phi) is 8.10. The molecule has 0 aromatic carbocycles. The summed E-state index contributed by atoms with van der Waals surface area (Å²) in [5, 5.41) is 5.85. The van der Waals surface area contributed by atoms with E-state index in [-0.39, 0.29) is 5.96 Å². The van der Waals surface area contributed by atoms with Crippen LogP contribution < -0.4 is 10.6 Å². The quantitative estimate of drug-likeness (QED) is 0.434. The molecule has 2 amide bonds. The van der Waals surface area contributed by atoms with Crippen molar-refractivity contribution in [3.63, 3.8) is 0 Å². The van der Waals surface area contributed by atoms with Gasteiger partial charge in [0.15, 0.2) is 0 Å². The van der Waals surface area contributed by atoms with Crippen molar-refractivity contribution in [2.24, 2.45) is 4.99 Å². The molecule has 0 unspecified atom stereocenters. The number of piperidine rings is 1. The zero-order valence-corrected chi connectivity index (χ0v) is 17.2. The summed E-state index contributed by atoms with van der Waals surface area (Å²) in [6, 6.07) is 0.293. The van der Waals surface area contributed by atoms with E-state index in [4.69, 9.17) is 15.9 Å². The molecule has 1 aliphatic heterocycles. The van der Waals surface area contributed by atoms with Crippen molar-refractivity contribution in [3.8, 4) is 12.3 Å². The standard InChI is InChI=1S/C19H32N4O4/c1-8-11-20-14-9-12-23(13-10-14)15(21-16(24)26-18(2,3)4)22-17(25)27-19(5,6)7/h1,14,20H,9-13H2,2-7H3,(H,21,22,24,25). The molecule has 1 fully saturated rings. The lowest BCUT2D eigenvalue weighted by atomic mass is 10.1. The average molecular weight is 380 g/mol. The van der Waals surface area contributed by atoms with Crippen LogP contribution >= 0.6 is 0 Å². The van der Waals surface area contributed by atoms with Crippen LogP contribution in [0.5, 0.6) is 0 Å². The number of guanidine groups is 1. The Bertz CT molecular complexity index is 588. The van der Waals surface area contributed by atoms with Gasteiger partial charge in [-0.15, -0.1) is 11.4 Å². The molecule has 1 rings (SSSR count). The number of alkyl carbamates (subject to hydrolysis) is 1. The molecule has 8 heteroatoms. The third-order valence-electron chi connectivity index (χ3n) is 3.49. The van der Waals surface area contributed by atoms with Gasteiger partial charge < -0.3 is 19.7 Å². The number of nitrogens with one attached hydrogen (secondary N) is 2. The molecular weight excluding hydrogens is 348 g/mol. The Balaban J connectivity index is 2.84. The van der Waals surface area contributed by atoms with Crippen LogP contribution in [0.4, 0.5) is 9.59 Å². The topological polar surface area (TPSA) is 92.3 Å². The second-order valence-corrected chi connectivity index (χ2v) is 8.39. The Morgan fingerprint density at radius 2 is 1.67 bits per heavy atom. The zero-order valence-electron chi connectivity index (χ0n) is 17.2. The normalized spacial score (nSPS) is 16.5. The van der Waals surface area contributed by atoms with E-state index in [1.165, 1.54) is 0 Å². The Morgan fingerprint density at radius 3 is 2.15 bits per heavy atom. The largest absolute Gasteiger partial charge is 0.444 e. The van der Waals surface area contributed by atoms with Crippen LogP contribution in [-0.4, -0.2) is 59.9 Å². The highest BCUT2D eigenvalue weighted by molar-refractivity contribution is 5.98. The lowest BCUT2D eigenvalue weighted by Crippen LogP contribution is -2.51. The minimum absolute atomic E-state index is 0.133. The van der Waals surface area contributed by atoms with E-state index in [9.17, 15) is 9.59 Å². The molecule has 0 spiro atoms. The summed E-state index contributed by atoms with van der Waals surface area (Å²) in [6.07, 6.45) is 5.47. The Morgan fingerprint density at radius 1 is 1.11 bits per heavy atom. The van der Waals surface area contributed by atoms with Crippen molar-refractivity contribution in [2.75, 3.05) is 19.6 Å². The van der Waals surface area contributed by atoms with Gasteiger partial charge in [0.2, 0.25) is 5.96 Å². The number of carbonyl (C=O) groups is 2. The molecule has 0 saturated carbocycles. The zero-order chi connectivity index (χ0) is 20.7. The maximum atomic E-state index is 12.2. The van der Waals surface area contributed by atoms with Gasteiger partial charge in [0, 0.05) is 19.1 Å². The molecule has 0 aliphatic carbocycles. The second kappa shape index (κ2) is 9.60. The fourth-order valence-electron chi connectivity index (χ4n) is 2.44. The number of hydrogen-bond donors (Lipinski definition) is 2. The average Bonchev–Trinajstić information content (AvgIpc) is 2.49. The smallest absolute Gasteiger partial charge is 0.437 e. The molecule has 27 heavy (non-hydrogen) atoms. The third kappa shape index (κ3) is 9.85. The molecule has 8 nitrogen and oxygen atoms in total. The minimum Gasteiger partial charge on any atom is -0.444 e. The van der Waals surface area contributed by atoms with Gasteiger partial charge in [-0.3, -0.25) is 5.32 Å². The molecule has 0 aromatic heterocycles. The van der Waals surface area contributed by atoms with Crippen molar-refractivity contribution in [1.82, 2.24) is 15.5 Å². The number of hydrogen-bond acceptors (Lipinski definition) is 5. The van der Waals surface area contributed by atoms with E-state index in [1.54, 1.807) is 41.5 Å². The lowest BCUT2D eigenvalue weighted by molar-refractivity contribution is 0.0553. The number of amides is 2. The van der Waals surface area contributed by atoms with Crippen LogP contribution in [0.1, 0.15) is 54.4 Å². The monoisotopic (exact) mass is 380 g/mol. The van der Waals surface area contributed by atoms with Crippen LogP contribution in [-0.2, 0) is 9.47 Å². The van der Waals surface area contributed by atoms with Gasteiger partial charge in [0.05, 0.1) is 6.54 Å². The molecule has 1 saturated heterocycles. The highest BCUT2D eigenvalue weighted by atomic mass is 16.6. The van der Waals surface area contributed by atoms with Gasteiger partial charge in [-0.05, 0) is 54.4 Å². The molecule has 0 bridgehead atoms. The Labute approximate surface area is 162 Å². The molecule has 2 N–H and O–H groups in total. The number of rotatable bonds is 2. The summed E-state index contributed by atoms with van der Waals surface area (Å²) in [6.45, 7) is 12.3. The minimum atomic E-state index is -0.763.